The first kappa shape index (κ1) is 14.3. The molecule has 106 valence electrons. The highest BCUT2D eigenvalue weighted by Gasteiger charge is 2.16. The van der Waals surface area contributed by atoms with Crippen LogP contribution >= 0.6 is 11.3 Å². The van der Waals surface area contributed by atoms with Gasteiger partial charge in [0.15, 0.2) is 0 Å². The summed E-state index contributed by atoms with van der Waals surface area (Å²) in [6, 6.07) is 7.06. The number of ether oxygens (including phenoxy) is 2. The zero-order valence-corrected chi connectivity index (χ0v) is 12.4. The molecule has 2 aromatic rings. The number of benzene rings is 1. The summed E-state index contributed by atoms with van der Waals surface area (Å²) in [4.78, 5) is 15.7. The van der Waals surface area contributed by atoms with Gasteiger partial charge in [0.05, 0.1) is 0 Å². The number of thiazole rings is 1. The van der Waals surface area contributed by atoms with Gasteiger partial charge in [0.25, 0.3) is 5.19 Å². The van der Waals surface area contributed by atoms with Crippen LogP contribution in [-0.4, -0.2) is 16.7 Å². The zero-order valence-electron chi connectivity index (χ0n) is 11.5. The standard InChI is InChI=1S/C14H16N2O3S/c1-14(2,3)19-12(17)16-10-5-4-6-11(9-10)18-13-15-7-8-20-13/h4-9H,1-3H3,(H,16,17). The van der Waals surface area contributed by atoms with Crippen molar-refractivity contribution in [3.8, 4) is 10.9 Å². The predicted molar refractivity (Wildman–Crippen MR) is 78.5 cm³/mol. The van der Waals surface area contributed by atoms with Gasteiger partial charge in [0.1, 0.15) is 11.4 Å². The van der Waals surface area contributed by atoms with Gasteiger partial charge in [-0.1, -0.05) is 17.4 Å². The number of nitrogens with one attached hydrogen (secondary N) is 1. The van der Waals surface area contributed by atoms with Crippen LogP contribution < -0.4 is 10.1 Å². The lowest BCUT2D eigenvalue weighted by Gasteiger charge is -2.19. The smallest absolute Gasteiger partial charge is 0.412 e. The van der Waals surface area contributed by atoms with E-state index < -0.39 is 11.7 Å². The van der Waals surface area contributed by atoms with Gasteiger partial charge in [-0.2, -0.15) is 0 Å². The number of amides is 1. The average molecular weight is 292 g/mol. The van der Waals surface area contributed by atoms with Crippen LogP contribution in [0.2, 0.25) is 0 Å². The van der Waals surface area contributed by atoms with Gasteiger partial charge in [0.2, 0.25) is 0 Å². The molecule has 0 atom stereocenters. The van der Waals surface area contributed by atoms with Gasteiger partial charge in [-0.25, -0.2) is 9.78 Å². The van der Waals surface area contributed by atoms with Crippen molar-refractivity contribution >= 4 is 23.1 Å². The molecule has 0 fully saturated rings. The number of anilines is 1. The van der Waals surface area contributed by atoms with Crippen LogP contribution in [-0.2, 0) is 4.74 Å². The lowest BCUT2D eigenvalue weighted by molar-refractivity contribution is 0.0636. The minimum Gasteiger partial charge on any atom is -0.444 e. The number of hydrogen-bond acceptors (Lipinski definition) is 5. The summed E-state index contributed by atoms with van der Waals surface area (Å²) in [7, 11) is 0. The summed E-state index contributed by atoms with van der Waals surface area (Å²) >= 11 is 1.40. The Kier molecular flexibility index (Phi) is 4.24. The lowest BCUT2D eigenvalue weighted by atomic mass is 10.2. The Hall–Kier alpha value is -2.08. The fraction of sp³-hybridized carbons (Fsp3) is 0.286. The summed E-state index contributed by atoms with van der Waals surface area (Å²) in [5.74, 6) is 0.605. The van der Waals surface area contributed by atoms with Gasteiger partial charge >= 0.3 is 6.09 Å². The number of aromatic nitrogens is 1. The Morgan fingerprint density at radius 1 is 1.35 bits per heavy atom. The second-order valence-corrected chi connectivity index (χ2v) is 5.91. The minimum absolute atomic E-state index is 0.496. The Bertz CT molecular complexity index is 576. The average Bonchev–Trinajstić information content (AvgIpc) is 2.79. The second-order valence-electron chi connectivity index (χ2n) is 5.05. The van der Waals surface area contributed by atoms with E-state index in [1.165, 1.54) is 11.3 Å². The van der Waals surface area contributed by atoms with Crippen LogP contribution in [0.1, 0.15) is 20.8 Å². The Morgan fingerprint density at radius 3 is 2.80 bits per heavy atom. The molecule has 6 heteroatoms. The lowest BCUT2D eigenvalue weighted by Crippen LogP contribution is -2.27. The maximum atomic E-state index is 11.7. The Morgan fingerprint density at radius 2 is 2.15 bits per heavy atom. The van der Waals surface area contributed by atoms with E-state index in [9.17, 15) is 4.79 Å². The molecule has 20 heavy (non-hydrogen) atoms. The highest BCUT2D eigenvalue weighted by molar-refractivity contribution is 7.11. The quantitative estimate of drug-likeness (QED) is 0.917. The largest absolute Gasteiger partial charge is 0.444 e. The molecule has 0 aliphatic carbocycles. The molecular weight excluding hydrogens is 276 g/mol. The normalized spacial score (nSPS) is 10.9. The van der Waals surface area contributed by atoms with Crippen molar-refractivity contribution in [3.05, 3.63) is 35.8 Å². The van der Waals surface area contributed by atoms with Crippen LogP contribution in [0.25, 0.3) is 0 Å². The minimum atomic E-state index is -0.529. The maximum Gasteiger partial charge on any atom is 0.412 e. The summed E-state index contributed by atoms with van der Waals surface area (Å²) in [5.41, 5.74) is 0.0762. The molecule has 5 nitrogen and oxygen atoms in total. The molecule has 0 aliphatic heterocycles. The SMILES string of the molecule is CC(C)(C)OC(=O)Nc1cccc(Oc2nccs2)c1. The number of hydrogen-bond donors (Lipinski definition) is 1. The van der Waals surface area contributed by atoms with E-state index in [4.69, 9.17) is 9.47 Å². The first-order valence-electron chi connectivity index (χ1n) is 6.10. The van der Waals surface area contributed by atoms with E-state index in [0.29, 0.717) is 16.6 Å². The van der Waals surface area contributed by atoms with Gasteiger partial charge in [-0.05, 0) is 32.9 Å². The van der Waals surface area contributed by atoms with Gasteiger partial charge in [0, 0.05) is 23.3 Å². The van der Waals surface area contributed by atoms with Crippen LogP contribution in [0.15, 0.2) is 35.8 Å². The van der Waals surface area contributed by atoms with Crippen LogP contribution in [0.5, 0.6) is 10.9 Å². The van der Waals surface area contributed by atoms with Crippen LogP contribution in [0.4, 0.5) is 10.5 Å². The van der Waals surface area contributed by atoms with E-state index in [1.807, 2.05) is 26.2 Å². The van der Waals surface area contributed by atoms with Crippen molar-refractivity contribution < 1.29 is 14.3 Å². The van der Waals surface area contributed by atoms with Crippen molar-refractivity contribution in [3.63, 3.8) is 0 Å². The molecule has 0 aliphatic rings. The van der Waals surface area contributed by atoms with Crippen LogP contribution in [0, 0.1) is 0 Å². The third-order valence-electron chi connectivity index (χ3n) is 2.09. The molecule has 1 heterocycles. The number of nitrogens with zero attached hydrogens (tertiary/aromatic N) is 1. The molecule has 1 aromatic carbocycles. The van der Waals surface area contributed by atoms with E-state index >= 15 is 0 Å². The summed E-state index contributed by atoms with van der Waals surface area (Å²) < 4.78 is 10.7. The van der Waals surface area contributed by atoms with Crippen LogP contribution in [0.3, 0.4) is 0 Å². The molecule has 0 bridgehead atoms. The fourth-order valence-electron chi connectivity index (χ4n) is 1.42. The predicted octanol–water partition coefficient (Wildman–Crippen LogP) is 4.28. The summed E-state index contributed by atoms with van der Waals surface area (Å²) in [6.45, 7) is 5.44. The summed E-state index contributed by atoms with van der Waals surface area (Å²) in [5, 5.41) is 5.05. The molecule has 2 rings (SSSR count). The molecule has 1 amide bonds. The highest BCUT2D eigenvalue weighted by atomic mass is 32.1. The molecule has 0 spiro atoms. The zero-order chi connectivity index (χ0) is 14.6. The maximum absolute atomic E-state index is 11.7. The third-order valence-corrected chi connectivity index (χ3v) is 2.74. The number of rotatable bonds is 3. The third kappa shape index (κ3) is 4.55. The second kappa shape index (κ2) is 5.92. The molecule has 0 radical (unpaired) electrons. The first-order chi connectivity index (χ1) is 9.42. The van der Waals surface area contributed by atoms with Crippen molar-refractivity contribution in [1.82, 2.24) is 4.98 Å². The topological polar surface area (TPSA) is 60.5 Å². The van der Waals surface area contributed by atoms with Crippen molar-refractivity contribution in [2.45, 2.75) is 26.4 Å². The van der Waals surface area contributed by atoms with E-state index in [2.05, 4.69) is 10.3 Å². The van der Waals surface area contributed by atoms with Gasteiger partial charge in [-0.15, -0.1) is 0 Å². The fourth-order valence-corrected chi connectivity index (χ4v) is 1.92. The van der Waals surface area contributed by atoms with Gasteiger partial charge in [-0.3, -0.25) is 5.32 Å². The molecular formula is C14H16N2O3S. The highest BCUT2D eigenvalue weighted by Crippen LogP contribution is 2.25. The first-order valence-corrected chi connectivity index (χ1v) is 6.98. The molecule has 0 saturated heterocycles. The molecule has 0 unspecified atom stereocenters. The Labute approximate surface area is 121 Å². The monoisotopic (exact) mass is 292 g/mol. The Balaban J connectivity index is 2.01. The summed E-state index contributed by atoms with van der Waals surface area (Å²) in [6.07, 6.45) is 1.17. The van der Waals surface area contributed by atoms with E-state index in [-0.39, 0.29) is 0 Å². The van der Waals surface area contributed by atoms with Crippen molar-refractivity contribution in [2.75, 3.05) is 5.32 Å². The molecule has 1 aromatic heterocycles. The number of carbonyl (C=O) groups is 1. The number of carbonyl (C=O) groups excluding carboxylic acids is 1. The van der Waals surface area contributed by atoms with E-state index in [1.54, 1.807) is 30.5 Å². The van der Waals surface area contributed by atoms with Crippen molar-refractivity contribution in [2.24, 2.45) is 0 Å². The molecule has 0 saturated carbocycles. The van der Waals surface area contributed by atoms with Crippen molar-refractivity contribution in [1.29, 1.82) is 0 Å². The van der Waals surface area contributed by atoms with Gasteiger partial charge < -0.3 is 9.47 Å². The molecule has 1 N–H and O–H groups in total. The van der Waals surface area contributed by atoms with E-state index in [0.717, 1.165) is 0 Å².